The molecular weight excluding hydrogens is 384 g/mol. The van der Waals surface area contributed by atoms with Crippen LogP contribution in [0.3, 0.4) is 0 Å². The Bertz CT molecular complexity index is 1130. The van der Waals surface area contributed by atoms with Crippen LogP contribution in [0.1, 0.15) is 48.0 Å². The second-order valence-corrected chi connectivity index (χ2v) is 8.20. The number of pyridine rings is 2. The summed E-state index contributed by atoms with van der Waals surface area (Å²) in [5.41, 5.74) is 4.84. The van der Waals surface area contributed by atoms with Gasteiger partial charge in [-0.15, -0.1) is 0 Å². The van der Waals surface area contributed by atoms with Gasteiger partial charge in [-0.05, 0) is 48.4 Å². The molecule has 1 amide bonds. The maximum absolute atomic E-state index is 12.8. The lowest BCUT2D eigenvalue weighted by Crippen LogP contribution is -2.17. The molecule has 0 fully saturated rings. The minimum Gasteiger partial charge on any atom is -0.322 e. The van der Waals surface area contributed by atoms with Gasteiger partial charge in [0.2, 0.25) is 0 Å². The Labute approximate surface area is 175 Å². The molecule has 1 N–H and O–H groups in total. The topological polar surface area (TPSA) is 78.7 Å². The van der Waals surface area contributed by atoms with Crippen molar-refractivity contribution < 1.29 is 4.79 Å². The number of benzene rings is 1. The fraction of sp³-hybridized carbons (Fsp3) is 0.217. The van der Waals surface area contributed by atoms with E-state index in [4.69, 9.17) is 11.6 Å². The highest BCUT2D eigenvalue weighted by Crippen LogP contribution is 2.29. The predicted octanol–water partition coefficient (Wildman–Crippen LogP) is 5.53. The number of amides is 1. The number of hydrogen-bond acceptors (Lipinski definition) is 4. The summed E-state index contributed by atoms with van der Waals surface area (Å²) in [4.78, 5) is 21.2. The van der Waals surface area contributed by atoms with Crippen LogP contribution in [0.25, 0.3) is 11.1 Å². The molecule has 0 saturated heterocycles. The smallest absolute Gasteiger partial charge is 0.255 e. The highest BCUT2D eigenvalue weighted by molar-refractivity contribution is 6.30. The number of aromatic nitrogens is 2. The Morgan fingerprint density at radius 2 is 1.90 bits per heavy atom. The first kappa shape index (κ1) is 20.5. The monoisotopic (exact) mass is 404 g/mol. The maximum Gasteiger partial charge on any atom is 0.255 e. The van der Waals surface area contributed by atoms with Crippen LogP contribution in [0.15, 0.2) is 48.8 Å². The normalized spacial score (nSPS) is 11.0. The van der Waals surface area contributed by atoms with Crippen LogP contribution in [0.4, 0.5) is 5.69 Å². The number of carbonyl (C=O) groups is 1. The van der Waals surface area contributed by atoms with Crippen molar-refractivity contribution in [3.63, 3.8) is 0 Å². The molecule has 0 bridgehead atoms. The number of nitriles is 1. The lowest BCUT2D eigenvalue weighted by atomic mass is 9.91. The number of halogens is 1. The average Bonchev–Trinajstić information content (AvgIpc) is 2.69. The Balaban J connectivity index is 1.91. The summed E-state index contributed by atoms with van der Waals surface area (Å²) in [5, 5.41) is 12.3. The van der Waals surface area contributed by atoms with Gasteiger partial charge < -0.3 is 5.32 Å². The molecule has 6 heteroatoms. The summed E-state index contributed by atoms with van der Waals surface area (Å²) in [6.45, 7) is 8.12. The fourth-order valence-corrected chi connectivity index (χ4v) is 3.02. The molecule has 5 nitrogen and oxygen atoms in total. The van der Waals surface area contributed by atoms with Crippen molar-refractivity contribution in [3.05, 3.63) is 76.3 Å². The Kier molecular flexibility index (Phi) is 5.67. The van der Waals surface area contributed by atoms with Crippen molar-refractivity contribution in [1.29, 1.82) is 5.26 Å². The van der Waals surface area contributed by atoms with Gasteiger partial charge in [0.25, 0.3) is 5.91 Å². The van der Waals surface area contributed by atoms with Crippen LogP contribution in [0, 0.1) is 18.3 Å². The van der Waals surface area contributed by atoms with E-state index in [0.717, 1.165) is 22.4 Å². The van der Waals surface area contributed by atoms with Crippen molar-refractivity contribution in [2.45, 2.75) is 33.1 Å². The van der Waals surface area contributed by atoms with Gasteiger partial charge >= 0.3 is 0 Å². The molecular formula is C23H21ClN4O. The highest BCUT2D eigenvalue weighted by atomic mass is 35.5. The zero-order chi connectivity index (χ0) is 21.2. The van der Waals surface area contributed by atoms with E-state index in [-0.39, 0.29) is 16.5 Å². The number of nitrogens with one attached hydrogen (secondary N) is 1. The third kappa shape index (κ3) is 4.61. The van der Waals surface area contributed by atoms with Gasteiger partial charge in [-0.1, -0.05) is 38.4 Å². The second-order valence-electron chi connectivity index (χ2n) is 7.84. The molecule has 0 aliphatic rings. The van der Waals surface area contributed by atoms with E-state index in [0.29, 0.717) is 16.8 Å². The summed E-state index contributed by atoms with van der Waals surface area (Å²) in [6, 6.07) is 12.9. The molecule has 146 valence electrons. The van der Waals surface area contributed by atoms with Crippen LogP contribution in [0.5, 0.6) is 0 Å². The summed E-state index contributed by atoms with van der Waals surface area (Å²) >= 11 is 5.94. The number of rotatable bonds is 3. The predicted molar refractivity (Wildman–Crippen MR) is 115 cm³/mol. The summed E-state index contributed by atoms with van der Waals surface area (Å²) in [6.07, 6.45) is 3.27. The van der Waals surface area contributed by atoms with Crippen molar-refractivity contribution in [2.75, 3.05) is 5.32 Å². The number of carbonyl (C=O) groups excluding carboxylic acids is 1. The number of nitrogens with zero attached hydrogens (tertiary/aromatic N) is 3. The van der Waals surface area contributed by atoms with Gasteiger partial charge in [0.1, 0.15) is 11.2 Å². The van der Waals surface area contributed by atoms with Crippen molar-refractivity contribution in [3.8, 4) is 17.2 Å². The van der Waals surface area contributed by atoms with Crippen LogP contribution >= 0.6 is 11.6 Å². The maximum atomic E-state index is 12.8. The van der Waals surface area contributed by atoms with Crippen LogP contribution < -0.4 is 5.32 Å². The number of hydrogen-bond donors (Lipinski definition) is 1. The van der Waals surface area contributed by atoms with Gasteiger partial charge in [-0.3, -0.25) is 9.78 Å². The van der Waals surface area contributed by atoms with E-state index in [2.05, 4.69) is 36.1 Å². The molecule has 2 heterocycles. The average molecular weight is 405 g/mol. The minimum atomic E-state index is -0.209. The molecule has 2 aromatic heterocycles. The van der Waals surface area contributed by atoms with E-state index in [1.807, 2.05) is 37.3 Å². The van der Waals surface area contributed by atoms with Crippen molar-refractivity contribution >= 4 is 23.2 Å². The van der Waals surface area contributed by atoms with Crippen molar-refractivity contribution in [2.24, 2.45) is 0 Å². The first-order valence-electron chi connectivity index (χ1n) is 9.13. The lowest BCUT2D eigenvalue weighted by molar-refractivity contribution is 0.102. The zero-order valence-electron chi connectivity index (χ0n) is 16.7. The molecule has 1 aromatic carbocycles. The van der Waals surface area contributed by atoms with Crippen LogP contribution in [-0.2, 0) is 5.41 Å². The minimum absolute atomic E-state index is 0.145. The first-order valence-corrected chi connectivity index (χ1v) is 9.51. The van der Waals surface area contributed by atoms with E-state index in [1.165, 1.54) is 0 Å². The molecule has 0 atom stereocenters. The quantitative estimate of drug-likeness (QED) is 0.582. The van der Waals surface area contributed by atoms with E-state index in [9.17, 15) is 10.1 Å². The van der Waals surface area contributed by atoms with Gasteiger partial charge in [0.05, 0.1) is 5.56 Å². The molecule has 29 heavy (non-hydrogen) atoms. The summed E-state index contributed by atoms with van der Waals surface area (Å²) < 4.78 is 0. The SMILES string of the molecule is Cc1ccc(NC(=O)c2ccnc(C(C)(C)C)c2)cc1-c1cnc(Cl)c(C#N)c1. The molecule has 0 saturated carbocycles. The first-order chi connectivity index (χ1) is 13.7. The van der Waals surface area contributed by atoms with E-state index in [1.54, 1.807) is 24.5 Å². The number of aryl methyl sites for hydroxylation is 1. The Hall–Kier alpha value is -3.23. The number of anilines is 1. The fourth-order valence-electron chi connectivity index (χ4n) is 2.87. The molecule has 3 aromatic rings. The zero-order valence-corrected chi connectivity index (χ0v) is 17.5. The lowest BCUT2D eigenvalue weighted by Gasteiger charge is -2.18. The van der Waals surface area contributed by atoms with Gasteiger partial charge in [-0.2, -0.15) is 5.26 Å². The third-order valence-electron chi connectivity index (χ3n) is 4.56. The van der Waals surface area contributed by atoms with E-state index < -0.39 is 0 Å². The molecule has 3 rings (SSSR count). The van der Waals surface area contributed by atoms with Crippen molar-refractivity contribution in [1.82, 2.24) is 9.97 Å². The Morgan fingerprint density at radius 3 is 2.59 bits per heavy atom. The molecule has 0 aliphatic heterocycles. The van der Waals surface area contributed by atoms with E-state index >= 15 is 0 Å². The largest absolute Gasteiger partial charge is 0.322 e. The highest BCUT2D eigenvalue weighted by Gasteiger charge is 2.17. The standard InChI is InChI=1S/C23H21ClN4O/c1-14-5-6-18(11-19(14)17-9-16(12-25)21(24)27-13-17)28-22(29)15-7-8-26-20(10-15)23(2,3)4/h5-11,13H,1-4H3,(H,28,29). The third-order valence-corrected chi connectivity index (χ3v) is 4.86. The molecule has 0 aliphatic carbocycles. The summed E-state index contributed by atoms with van der Waals surface area (Å²) in [7, 11) is 0. The van der Waals surface area contributed by atoms with Gasteiger partial charge in [-0.25, -0.2) is 4.98 Å². The van der Waals surface area contributed by atoms with Crippen LogP contribution in [0.2, 0.25) is 5.15 Å². The van der Waals surface area contributed by atoms with Gasteiger partial charge in [0, 0.05) is 40.3 Å². The van der Waals surface area contributed by atoms with Gasteiger partial charge in [0.15, 0.2) is 0 Å². The second kappa shape index (κ2) is 8.02. The Morgan fingerprint density at radius 1 is 1.14 bits per heavy atom. The summed E-state index contributed by atoms with van der Waals surface area (Å²) in [5.74, 6) is -0.209. The molecule has 0 unspecified atom stereocenters. The van der Waals surface area contributed by atoms with Crippen LogP contribution in [-0.4, -0.2) is 15.9 Å². The molecule has 0 spiro atoms. The molecule has 0 radical (unpaired) electrons.